The van der Waals surface area contributed by atoms with Gasteiger partial charge in [0.25, 0.3) is 0 Å². The van der Waals surface area contributed by atoms with Gasteiger partial charge in [0.15, 0.2) is 0 Å². The summed E-state index contributed by atoms with van der Waals surface area (Å²) in [6.45, 7) is 5.09. The van der Waals surface area contributed by atoms with E-state index in [4.69, 9.17) is 0 Å². The minimum absolute atomic E-state index is 0. The average Bonchev–Trinajstić information content (AvgIpc) is 2.41. The van der Waals surface area contributed by atoms with Crippen LogP contribution in [0.4, 0.5) is 0 Å². The van der Waals surface area contributed by atoms with E-state index >= 15 is 0 Å². The summed E-state index contributed by atoms with van der Waals surface area (Å²) in [6.07, 6.45) is 3.77. The van der Waals surface area contributed by atoms with Gasteiger partial charge in [-0.15, -0.1) is 0 Å². The van der Waals surface area contributed by atoms with Gasteiger partial charge in [-0.05, 0) is 12.6 Å². The van der Waals surface area contributed by atoms with Crippen LogP contribution in [0, 0.1) is 0 Å². The fraction of sp³-hybridized carbons (Fsp3) is 0.571. The zero-order chi connectivity index (χ0) is 7.23. The first kappa shape index (κ1) is 7.28. The first-order chi connectivity index (χ1) is 4.93. The number of aromatic nitrogens is 2. The Morgan fingerprint density at radius 1 is 1.70 bits per heavy atom. The van der Waals surface area contributed by atoms with E-state index in [2.05, 4.69) is 17.3 Å². The van der Waals surface area contributed by atoms with Crippen LogP contribution in [0.15, 0.2) is 18.5 Å². The van der Waals surface area contributed by atoms with Gasteiger partial charge in [-0.3, -0.25) is 4.68 Å². The summed E-state index contributed by atoms with van der Waals surface area (Å²) < 4.78 is 1.92. The summed E-state index contributed by atoms with van der Waals surface area (Å²) in [5.41, 5.74) is 0. The van der Waals surface area contributed by atoms with Crippen molar-refractivity contribution < 1.29 is 1.43 Å². The van der Waals surface area contributed by atoms with Crippen LogP contribution in [-0.4, -0.2) is 22.9 Å². The van der Waals surface area contributed by atoms with Gasteiger partial charge in [-0.1, -0.05) is 6.92 Å². The van der Waals surface area contributed by atoms with Crippen LogP contribution in [0.2, 0.25) is 0 Å². The molecule has 0 radical (unpaired) electrons. The highest BCUT2D eigenvalue weighted by Crippen LogP contribution is 1.81. The molecular weight excluding hydrogens is 126 g/mol. The third-order valence-corrected chi connectivity index (χ3v) is 1.33. The fourth-order valence-corrected chi connectivity index (χ4v) is 0.803. The van der Waals surface area contributed by atoms with E-state index in [1.165, 1.54) is 0 Å². The zero-order valence-electron chi connectivity index (χ0n) is 6.25. The third kappa shape index (κ3) is 2.19. The lowest BCUT2D eigenvalue weighted by Gasteiger charge is -2.00. The summed E-state index contributed by atoms with van der Waals surface area (Å²) in [5, 5.41) is 7.29. The van der Waals surface area contributed by atoms with E-state index in [9.17, 15) is 0 Å². The van der Waals surface area contributed by atoms with Crippen molar-refractivity contribution in [2.45, 2.75) is 13.5 Å². The molecule has 0 aromatic carbocycles. The molecule has 0 spiro atoms. The van der Waals surface area contributed by atoms with Crippen LogP contribution < -0.4 is 5.32 Å². The molecule has 58 valence electrons. The van der Waals surface area contributed by atoms with Gasteiger partial charge in [0, 0.05) is 20.4 Å². The largest absolute Gasteiger partial charge is 0.315 e. The van der Waals surface area contributed by atoms with Gasteiger partial charge in [0.05, 0.1) is 6.54 Å². The minimum atomic E-state index is 0. The molecule has 1 aromatic rings. The topological polar surface area (TPSA) is 29.9 Å². The third-order valence-electron chi connectivity index (χ3n) is 1.33. The molecule has 0 aliphatic carbocycles. The smallest absolute Gasteiger partial charge is 0.0533 e. The second-order valence-corrected chi connectivity index (χ2v) is 2.12. The Morgan fingerprint density at radius 2 is 2.60 bits per heavy atom. The lowest BCUT2D eigenvalue weighted by Crippen LogP contribution is -2.19. The summed E-state index contributed by atoms with van der Waals surface area (Å²) >= 11 is 0. The normalized spacial score (nSPS) is 10.1. The number of hydrogen-bond donors (Lipinski definition) is 1. The van der Waals surface area contributed by atoms with Crippen molar-refractivity contribution in [1.29, 1.82) is 0 Å². The van der Waals surface area contributed by atoms with E-state index in [1.807, 2.05) is 16.9 Å². The molecule has 0 aliphatic rings. The maximum atomic E-state index is 4.06. The van der Waals surface area contributed by atoms with E-state index in [0.29, 0.717) is 0 Å². The van der Waals surface area contributed by atoms with Crippen molar-refractivity contribution in [3.05, 3.63) is 18.5 Å². The Bertz CT molecular complexity index is 162. The number of rotatable bonds is 4. The molecule has 0 aliphatic heterocycles. The number of likely N-dealkylation sites (N-methyl/N-ethyl adjacent to an activating group) is 1. The molecule has 1 aromatic heterocycles. The maximum absolute atomic E-state index is 4.06. The summed E-state index contributed by atoms with van der Waals surface area (Å²) in [5.74, 6) is 0. The van der Waals surface area contributed by atoms with E-state index < -0.39 is 0 Å². The van der Waals surface area contributed by atoms with Crippen LogP contribution in [-0.2, 0) is 6.54 Å². The molecule has 10 heavy (non-hydrogen) atoms. The van der Waals surface area contributed by atoms with Gasteiger partial charge in [-0.2, -0.15) is 5.10 Å². The molecule has 0 unspecified atom stereocenters. The van der Waals surface area contributed by atoms with Gasteiger partial charge < -0.3 is 5.32 Å². The average molecular weight is 141 g/mol. The van der Waals surface area contributed by atoms with Crippen LogP contribution in [0.1, 0.15) is 8.35 Å². The maximum Gasteiger partial charge on any atom is 0.0533 e. The van der Waals surface area contributed by atoms with Crippen molar-refractivity contribution in [3.63, 3.8) is 0 Å². The molecule has 0 saturated heterocycles. The molecule has 0 bridgehead atoms. The van der Waals surface area contributed by atoms with Gasteiger partial charge in [0.1, 0.15) is 0 Å². The fourth-order valence-electron chi connectivity index (χ4n) is 0.803. The Kier molecular flexibility index (Phi) is 2.96. The van der Waals surface area contributed by atoms with Crippen molar-refractivity contribution in [1.82, 2.24) is 15.1 Å². The number of hydrogen-bond acceptors (Lipinski definition) is 2. The summed E-state index contributed by atoms with van der Waals surface area (Å²) in [6, 6.07) is 1.94. The Balaban J connectivity index is 0.000001000. The molecular formula is C7H15N3. The van der Waals surface area contributed by atoms with Crippen molar-refractivity contribution in [2.24, 2.45) is 0 Å². The standard InChI is InChI=1S/C7H13N3.H2/c1-2-8-5-7-10-6-3-4-9-10;/h3-4,6,8H,2,5,7H2,1H3;1H. The second-order valence-electron chi connectivity index (χ2n) is 2.12. The predicted molar refractivity (Wildman–Crippen MR) is 42.9 cm³/mol. The Labute approximate surface area is 62.5 Å². The molecule has 1 N–H and O–H groups in total. The van der Waals surface area contributed by atoms with Crippen molar-refractivity contribution in [3.8, 4) is 0 Å². The number of nitrogens with zero attached hydrogens (tertiary/aromatic N) is 2. The molecule has 0 fully saturated rings. The van der Waals surface area contributed by atoms with E-state index in [0.717, 1.165) is 19.6 Å². The molecule has 3 nitrogen and oxygen atoms in total. The van der Waals surface area contributed by atoms with Gasteiger partial charge in [0.2, 0.25) is 0 Å². The Hall–Kier alpha value is -0.830. The molecule has 0 atom stereocenters. The van der Waals surface area contributed by atoms with E-state index in [1.54, 1.807) is 6.20 Å². The lowest BCUT2D eigenvalue weighted by molar-refractivity contribution is 0.565. The van der Waals surface area contributed by atoms with Gasteiger partial charge in [-0.25, -0.2) is 0 Å². The van der Waals surface area contributed by atoms with Gasteiger partial charge >= 0.3 is 0 Å². The molecule has 0 saturated carbocycles. The lowest BCUT2D eigenvalue weighted by atomic mass is 10.6. The molecule has 1 rings (SSSR count). The van der Waals surface area contributed by atoms with E-state index in [-0.39, 0.29) is 1.43 Å². The van der Waals surface area contributed by atoms with Crippen molar-refractivity contribution in [2.75, 3.05) is 13.1 Å². The molecule has 0 amide bonds. The minimum Gasteiger partial charge on any atom is -0.315 e. The predicted octanol–water partition coefficient (Wildman–Crippen LogP) is 0.739. The SMILES string of the molecule is CCNCCn1cccn1.[HH]. The highest BCUT2D eigenvalue weighted by molar-refractivity contribution is 4.77. The monoisotopic (exact) mass is 141 g/mol. The summed E-state index contributed by atoms with van der Waals surface area (Å²) in [7, 11) is 0. The zero-order valence-corrected chi connectivity index (χ0v) is 6.25. The van der Waals surface area contributed by atoms with Crippen molar-refractivity contribution >= 4 is 0 Å². The van der Waals surface area contributed by atoms with Crippen LogP contribution in [0.3, 0.4) is 0 Å². The first-order valence-corrected chi connectivity index (χ1v) is 3.61. The Morgan fingerprint density at radius 3 is 3.20 bits per heavy atom. The molecule has 1 heterocycles. The molecule has 3 heteroatoms. The van der Waals surface area contributed by atoms with Crippen LogP contribution in [0.25, 0.3) is 0 Å². The van der Waals surface area contributed by atoms with Crippen LogP contribution in [0.5, 0.6) is 0 Å². The highest BCUT2D eigenvalue weighted by atomic mass is 15.3. The summed E-state index contributed by atoms with van der Waals surface area (Å²) in [4.78, 5) is 0. The quantitative estimate of drug-likeness (QED) is 0.627. The second kappa shape index (κ2) is 4.06. The van der Waals surface area contributed by atoms with Crippen LogP contribution >= 0.6 is 0 Å². The number of nitrogens with one attached hydrogen (secondary N) is 1. The first-order valence-electron chi connectivity index (χ1n) is 3.61. The highest BCUT2D eigenvalue weighted by Gasteiger charge is 1.86.